The maximum atomic E-state index is 12.0. The Morgan fingerprint density at radius 2 is 2.05 bits per heavy atom. The Bertz CT molecular complexity index is 461. The van der Waals surface area contributed by atoms with Gasteiger partial charge in [-0.2, -0.15) is 13.2 Å². The lowest BCUT2D eigenvalue weighted by Gasteiger charge is -2.21. The molecular formula is C12H15F3N2O2. The summed E-state index contributed by atoms with van der Waals surface area (Å²) in [6.45, 7) is 0.191. The van der Waals surface area contributed by atoms with Crippen molar-refractivity contribution in [3.8, 4) is 0 Å². The van der Waals surface area contributed by atoms with Crippen LogP contribution in [0.1, 0.15) is 23.2 Å². The molecule has 0 saturated heterocycles. The highest BCUT2D eigenvalue weighted by Gasteiger charge is 2.26. The number of nitrogens with zero attached hydrogens (tertiary/aromatic N) is 1. The third-order valence-corrected chi connectivity index (χ3v) is 2.64. The van der Waals surface area contributed by atoms with E-state index in [0.29, 0.717) is 5.69 Å². The molecule has 0 aromatic heterocycles. The molecule has 0 radical (unpaired) electrons. The van der Waals surface area contributed by atoms with Crippen LogP contribution < -0.4 is 10.6 Å². The molecule has 4 nitrogen and oxygen atoms in total. The van der Waals surface area contributed by atoms with Gasteiger partial charge in [0.1, 0.15) is 0 Å². The first kappa shape index (κ1) is 15.1. The van der Waals surface area contributed by atoms with Crippen molar-refractivity contribution in [1.82, 2.24) is 0 Å². The highest BCUT2D eigenvalue weighted by atomic mass is 19.4. The van der Waals surface area contributed by atoms with E-state index >= 15 is 0 Å². The van der Waals surface area contributed by atoms with Gasteiger partial charge in [-0.15, -0.1) is 0 Å². The van der Waals surface area contributed by atoms with Crippen LogP contribution in [0.5, 0.6) is 0 Å². The number of carbonyl (C=O) groups is 1. The second-order valence-corrected chi connectivity index (χ2v) is 4.22. The minimum atomic E-state index is -4.17. The van der Waals surface area contributed by atoms with Crippen molar-refractivity contribution in [1.29, 1.82) is 0 Å². The van der Waals surface area contributed by atoms with Crippen LogP contribution in [-0.2, 0) is 0 Å². The van der Waals surface area contributed by atoms with Gasteiger partial charge in [0.25, 0.3) is 0 Å². The van der Waals surface area contributed by atoms with Crippen LogP contribution in [-0.4, -0.2) is 30.8 Å². The van der Waals surface area contributed by atoms with Crippen molar-refractivity contribution in [2.45, 2.75) is 19.0 Å². The van der Waals surface area contributed by atoms with Crippen LogP contribution in [0.2, 0.25) is 0 Å². The van der Waals surface area contributed by atoms with E-state index in [2.05, 4.69) is 0 Å². The second kappa shape index (κ2) is 5.81. The number of hydrogen-bond donors (Lipinski definition) is 2. The van der Waals surface area contributed by atoms with E-state index in [1.165, 1.54) is 18.2 Å². The van der Waals surface area contributed by atoms with Crippen LogP contribution in [0.3, 0.4) is 0 Å². The van der Waals surface area contributed by atoms with Crippen molar-refractivity contribution < 1.29 is 23.1 Å². The van der Waals surface area contributed by atoms with Gasteiger partial charge < -0.3 is 15.7 Å². The summed E-state index contributed by atoms with van der Waals surface area (Å²) in [5, 5.41) is 8.78. The number of nitrogens with two attached hydrogens (primary N) is 1. The number of carboxylic acids is 1. The normalized spacial score (nSPS) is 11.4. The molecule has 0 atom stereocenters. The number of benzene rings is 1. The SMILES string of the molecule is CN(CCCC(F)(F)F)c1ccc(C(=O)O)cc1N. The van der Waals surface area contributed by atoms with Gasteiger partial charge in [0.2, 0.25) is 0 Å². The standard InChI is InChI=1S/C12H15F3N2O2/c1-17(6-2-5-12(13,14)15)10-4-3-8(11(18)19)7-9(10)16/h3-4,7H,2,5-6,16H2,1H3,(H,18,19). The van der Waals surface area contributed by atoms with Crippen molar-refractivity contribution in [3.63, 3.8) is 0 Å². The van der Waals surface area contributed by atoms with E-state index < -0.39 is 18.6 Å². The topological polar surface area (TPSA) is 66.6 Å². The Labute approximate surface area is 108 Å². The summed E-state index contributed by atoms with van der Waals surface area (Å²) in [4.78, 5) is 12.3. The Kier molecular flexibility index (Phi) is 4.63. The van der Waals surface area contributed by atoms with Crippen LogP contribution in [0, 0.1) is 0 Å². The van der Waals surface area contributed by atoms with E-state index in [-0.39, 0.29) is 24.2 Å². The molecule has 0 aliphatic heterocycles. The lowest BCUT2D eigenvalue weighted by atomic mass is 10.1. The monoisotopic (exact) mass is 276 g/mol. The first-order valence-corrected chi connectivity index (χ1v) is 5.61. The third kappa shape index (κ3) is 4.69. The molecule has 0 amide bonds. The number of nitrogen functional groups attached to an aromatic ring is 1. The first-order valence-electron chi connectivity index (χ1n) is 5.61. The third-order valence-electron chi connectivity index (χ3n) is 2.64. The van der Waals surface area contributed by atoms with Gasteiger partial charge in [0.15, 0.2) is 0 Å². The van der Waals surface area contributed by atoms with Crippen molar-refractivity contribution >= 4 is 17.3 Å². The molecule has 0 unspecified atom stereocenters. The molecule has 0 spiro atoms. The van der Waals surface area contributed by atoms with E-state index in [1.54, 1.807) is 11.9 Å². The minimum Gasteiger partial charge on any atom is -0.478 e. The highest BCUT2D eigenvalue weighted by molar-refractivity contribution is 5.90. The lowest BCUT2D eigenvalue weighted by molar-refractivity contribution is -0.135. The number of hydrogen-bond acceptors (Lipinski definition) is 3. The van der Waals surface area contributed by atoms with Crippen LogP contribution in [0.15, 0.2) is 18.2 Å². The summed E-state index contributed by atoms with van der Waals surface area (Å²) in [5.41, 5.74) is 6.49. The van der Waals surface area contributed by atoms with Gasteiger partial charge in [0, 0.05) is 20.0 Å². The highest BCUT2D eigenvalue weighted by Crippen LogP contribution is 2.25. The Balaban J connectivity index is 2.67. The van der Waals surface area contributed by atoms with Gasteiger partial charge in [-0.05, 0) is 24.6 Å². The fourth-order valence-electron chi connectivity index (χ4n) is 1.67. The average Bonchev–Trinajstić information content (AvgIpc) is 2.26. The molecule has 0 heterocycles. The van der Waals surface area contributed by atoms with E-state index in [9.17, 15) is 18.0 Å². The molecule has 1 aromatic carbocycles. The molecule has 3 N–H and O–H groups in total. The molecule has 1 rings (SSSR count). The summed E-state index contributed by atoms with van der Waals surface area (Å²) in [6, 6.07) is 4.15. The largest absolute Gasteiger partial charge is 0.478 e. The zero-order valence-electron chi connectivity index (χ0n) is 10.4. The predicted octanol–water partition coefficient (Wildman–Crippen LogP) is 2.75. The Morgan fingerprint density at radius 1 is 1.42 bits per heavy atom. The summed E-state index contributed by atoms with van der Waals surface area (Å²) in [6.07, 6.45) is -5.07. The van der Waals surface area contributed by atoms with Gasteiger partial charge in [0.05, 0.1) is 16.9 Å². The van der Waals surface area contributed by atoms with Gasteiger partial charge >= 0.3 is 12.1 Å². The molecule has 0 aliphatic rings. The molecule has 106 valence electrons. The first-order chi connectivity index (χ1) is 8.70. The maximum Gasteiger partial charge on any atom is 0.389 e. The Hall–Kier alpha value is -1.92. The van der Waals surface area contributed by atoms with Gasteiger partial charge in [-0.1, -0.05) is 0 Å². The zero-order valence-corrected chi connectivity index (χ0v) is 10.4. The second-order valence-electron chi connectivity index (χ2n) is 4.22. The summed E-state index contributed by atoms with van der Waals surface area (Å²) >= 11 is 0. The van der Waals surface area contributed by atoms with Gasteiger partial charge in [-0.25, -0.2) is 4.79 Å². The number of alkyl halides is 3. The number of carboxylic acid groups (broad SMARTS) is 1. The average molecular weight is 276 g/mol. The van der Waals surface area contributed by atoms with Crippen LogP contribution in [0.4, 0.5) is 24.5 Å². The molecular weight excluding hydrogens is 261 g/mol. The van der Waals surface area contributed by atoms with E-state index in [4.69, 9.17) is 10.8 Å². The smallest absolute Gasteiger partial charge is 0.389 e. The molecule has 0 aliphatic carbocycles. The maximum absolute atomic E-state index is 12.0. The Morgan fingerprint density at radius 3 is 2.53 bits per heavy atom. The fourth-order valence-corrected chi connectivity index (χ4v) is 1.67. The molecule has 1 aromatic rings. The van der Waals surface area contributed by atoms with Crippen LogP contribution in [0.25, 0.3) is 0 Å². The summed E-state index contributed by atoms with van der Waals surface area (Å²) in [5.74, 6) is -1.10. The van der Waals surface area contributed by atoms with E-state index in [1.807, 2.05) is 0 Å². The number of rotatable bonds is 5. The zero-order chi connectivity index (χ0) is 14.6. The van der Waals surface area contributed by atoms with Crippen molar-refractivity contribution in [3.05, 3.63) is 23.8 Å². The van der Waals surface area contributed by atoms with Crippen LogP contribution >= 0.6 is 0 Å². The summed E-state index contributed by atoms with van der Waals surface area (Å²) < 4.78 is 36.1. The predicted molar refractivity (Wildman–Crippen MR) is 66.4 cm³/mol. The lowest BCUT2D eigenvalue weighted by Crippen LogP contribution is -2.21. The summed E-state index contributed by atoms with van der Waals surface area (Å²) in [7, 11) is 1.61. The quantitative estimate of drug-likeness (QED) is 0.811. The number of anilines is 2. The van der Waals surface area contributed by atoms with Gasteiger partial charge in [-0.3, -0.25) is 0 Å². The molecule has 0 saturated carbocycles. The van der Waals surface area contributed by atoms with Crippen molar-refractivity contribution in [2.24, 2.45) is 0 Å². The molecule has 7 heteroatoms. The minimum absolute atomic E-state index is 0.0415. The number of aromatic carboxylic acids is 1. The van der Waals surface area contributed by atoms with Crippen molar-refractivity contribution in [2.75, 3.05) is 24.2 Å². The number of halogens is 3. The molecule has 19 heavy (non-hydrogen) atoms. The van der Waals surface area contributed by atoms with E-state index in [0.717, 1.165) is 0 Å². The molecule has 0 fully saturated rings. The fraction of sp³-hybridized carbons (Fsp3) is 0.417. The molecule has 0 bridgehead atoms.